The van der Waals surface area contributed by atoms with Crippen molar-refractivity contribution in [3.63, 3.8) is 0 Å². The second kappa shape index (κ2) is 11.8. The van der Waals surface area contributed by atoms with E-state index in [0.717, 1.165) is 22.4 Å². The Morgan fingerprint density at radius 2 is 1.54 bits per heavy atom. The standard InChI is InChI=1S/C29H25Cl2NO3/c30-24-11-14-28(27(31)19-24)32(29(34)18-22-9-12-25(33)13-10-22)16-15-21-7-4-8-26(17-21)35-20-23-5-2-1-3-6-23/h1-14,17,19,33H,15-16,18,20H2. The summed E-state index contributed by atoms with van der Waals surface area (Å²) in [6.45, 7) is 0.919. The third-order valence-electron chi connectivity index (χ3n) is 5.56. The SMILES string of the molecule is O=C(Cc1ccc(O)cc1)N(CCc1cccc(OCc2ccccc2)c1)c1ccc(Cl)cc1Cl. The number of rotatable bonds is 9. The molecule has 35 heavy (non-hydrogen) atoms. The molecule has 6 heteroatoms. The molecule has 178 valence electrons. The van der Waals surface area contributed by atoms with E-state index in [9.17, 15) is 9.90 Å². The Labute approximate surface area is 215 Å². The average molecular weight is 506 g/mol. The lowest BCUT2D eigenvalue weighted by Crippen LogP contribution is -2.34. The number of phenolic OH excluding ortho intramolecular Hbond substituents is 1. The van der Waals surface area contributed by atoms with Gasteiger partial charge in [0.1, 0.15) is 18.1 Å². The van der Waals surface area contributed by atoms with Gasteiger partial charge in [0, 0.05) is 11.6 Å². The second-order valence-corrected chi connectivity index (χ2v) is 9.00. The van der Waals surface area contributed by atoms with Crippen LogP contribution in [0.4, 0.5) is 5.69 Å². The lowest BCUT2D eigenvalue weighted by atomic mass is 10.1. The van der Waals surface area contributed by atoms with Crippen LogP contribution in [-0.2, 0) is 24.2 Å². The number of carbonyl (C=O) groups excluding carboxylic acids is 1. The molecule has 0 spiro atoms. The van der Waals surface area contributed by atoms with Crippen LogP contribution < -0.4 is 9.64 Å². The maximum Gasteiger partial charge on any atom is 0.231 e. The van der Waals surface area contributed by atoms with Gasteiger partial charge < -0.3 is 14.7 Å². The Morgan fingerprint density at radius 3 is 2.29 bits per heavy atom. The molecule has 0 atom stereocenters. The molecule has 0 saturated carbocycles. The Balaban J connectivity index is 1.49. The number of anilines is 1. The zero-order chi connectivity index (χ0) is 24.6. The van der Waals surface area contributed by atoms with Crippen molar-refractivity contribution in [1.29, 1.82) is 0 Å². The van der Waals surface area contributed by atoms with Gasteiger partial charge in [-0.25, -0.2) is 0 Å². The molecule has 1 N–H and O–H groups in total. The first kappa shape index (κ1) is 24.6. The number of benzene rings is 4. The van der Waals surface area contributed by atoms with Gasteiger partial charge in [0.25, 0.3) is 0 Å². The van der Waals surface area contributed by atoms with Crippen LogP contribution in [0, 0.1) is 0 Å². The molecule has 0 fully saturated rings. The average Bonchev–Trinajstić information content (AvgIpc) is 2.86. The minimum atomic E-state index is -0.101. The maximum absolute atomic E-state index is 13.3. The predicted molar refractivity (Wildman–Crippen MR) is 142 cm³/mol. The minimum absolute atomic E-state index is 0.101. The molecule has 0 radical (unpaired) electrons. The molecule has 0 aromatic heterocycles. The van der Waals surface area contributed by atoms with E-state index < -0.39 is 0 Å². The number of hydrogen-bond donors (Lipinski definition) is 1. The Hall–Kier alpha value is -3.47. The van der Waals surface area contributed by atoms with Gasteiger partial charge in [-0.3, -0.25) is 4.79 Å². The maximum atomic E-state index is 13.3. The summed E-state index contributed by atoms with van der Waals surface area (Å²) in [6, 6.07) is 29.6. The van der Waals surface area contributed by atoms with Gasteiger partial charge in [0.05, 0.1) is 17.1 Å². The first-order valence-corrected chi connectivity index (χ1v) is 12.0. The molecule has 4 aromatic carbocycles. The molecule has 4 rings (SSSR count). The van der Waals surface area contributed by atoms with E-state index in [-0.39, 0.29) is 18.1 Å². The normalized spacial score (nSPS) is 10.7. The number of phenols is 1. The summed E-state index contributed by atoms with van der Waals surface area (Å²) in [7, 11) is 0. The highest BCUT2D eigenvalue weighted by molar-refractivity contribution is 6.36. The molecule has 0 aliphatic heterocycles. The fraction of sp³-hybridized carbons (Fsp3) is 0.138. The molecular formula is C29H25Cl2NO3. The lowest BCUT2D eigenvalue weighted by Gasteiger charge is -2.24. The lowest BCUT2D eigenvalue weighted by molar-refractivity contribution is -0.118. The van der Waals surface area contributed by atoms with Gasteiger partial charge in [-0.2, -0.15) is 0 Å². The summed E-state index contributed by atoms with van der Waals surface area (Å²) in [5.41, 5.74) is 3.56. The van der Waals surface area contributed by atoms with Gasteiger partial charge in [-0.1, -0.05) is 77.8 Å². The first-order chi connectivity index (χ1) is 17.0. The number of halogens is 2. The third kappa shape index (κ3) is 7.01. The molecule has 0 unspecified atom stereocenters. The van der Waals surface area contributed by atoms with Crippen molar-refractivity contribution in [3.05, 3.63) is 124 Å². The van der Waals surface area contributed by atoms with Crippen molar-refractivity contribution in [2.24, 2.45) is 0 Å². The molecule has 0 heterocycles. The van der Waals surface area contributed by atoms with Crippen LogP contribution in [-0.4, -0.2) is 17.6 Å². The quantitative estimate of drug-likeness (QED) is 0.264. The van der Waals surface area contributed by atoms with Crippen LogP contribution in [0.2, 0.25) is 10.0 Å². The smallest absolute Gasteiger partial charge is 0.231 e. The molecule has 1 amide bonds. The number of ether oxygens (including phenoxy) is 1. The summed E-state index contributed by atoms with van der Waals surface area (Å²) < 4.78 is 5.96. The van der Waals surface area contributed by atoms with E-state index in [2.05, 4.69) is 0 Å². The number of hydrogen-bond acceptors (Lipinski definition) is 3. The monoisotopic (exact) mass is 505 g/mol. The van der Waals surface area contributed by atoms with Crippen molar-refractivity contribution >= 4 is 34.8 Å². The summed E-state index contributed by atoms with van der Waals surface area (Å²) >= 11 is 12.6. The fourth-order valence-corrected chi connectivity index (χ4v) is 4.25. The number of nitrogens with zero attached hydrogens (tertiary/aromatic N) is 1. The molecule has 0 bridgehead atoms. The molecule has 4 aromatic rings. The Morgan fingerprint density at radius 1 is 0.800 bits per heavy atom. The van der Waals surface area contributed by atoms with Crippen LogP contribution in [0.1, 0.15) is 16.7 Å². The van der Waals surface area contributed by atoms with Crippen molar-refractivity contribution in [1.82, 2.24) is 0 Å². The predicted octanol–water partition coefficient (Wildman–Crippen LogP) is 7.10. The Kier molecular flexibility index (Phi) is 8.30. The zero-order valence-electron chi connectivity index (χ0n) is 19.0. The Bertz CT molecular complexity index is 1280. The van der Waals surface area contributed by atoms with E-state index in [1.165, 1.54) is 0 Å². The minimum Gasteiger partial charge on any atom is -0.508 e. The van der Waals surface area contributed by atoms with Crippen LogP contribution >= 0.6 is 23.2 Å². The first-order valence-electron chi connectivity index (χ1n) is 11.3. The summed E-state index contributed by atoms with van der Waals surface area (Å²) in [5.74, 6) is 0.836. The van der Waals surface area contributed by atoms with Gasteiger partial charge in [-0.15, -0.1) is 0 Å². The third-order valence-corrected chi connectivity index (χ3v) is 6.10. The van der Waals surface area contributed by atoms with Gasteiger partial charge in [-0.05, 0) is 65.6 Å². The number of amides is 1. The topological polar surface area (TPSA) is 49.8 Å². The summed E-state index contributed by atoms with van der Waals surface area (Å²) in [5, 5.41) is 10.5. The van der Waals surface area contributed by atoms with Gasteiger partial charge in [0.2, 0.25) is 5.91 Å². The van der Waals surface area contributed by atoms with Gasteiger partial charge in [0.15, 0.2) is 0 Å². The molecule has 0 saturated heterocycles. The van der Waals surface area contributed by atoms with Gasteiger partial charge >= 0.3 is 0 Å². The highest BCUT2D eigenvalue weighted by atomic mass is 35.5. The van der Waals surface area contributed by atoms with Crippen molar-refractivity contribution in [3.8, 4) is 11.5 Å². The van der Waals surface area contributed by atoms with E-state index in [1.54, 1.807) is 47.4 Å². The fourth-order valence-electron chi connectivity index (χ4n) is 3.74. The summed E-state index contributed by atoms with van der Waals surface area (Å²) in [4.78, 5) is 15.0. The van der Waals surface area contributed by atoms with Crippen LogP contribution in [0.5, 0.6) is 11.5 Å². The second-order valence-electron chi connectivity index (χ2n) is 8.16. The largest absolute Gasteiger partial charge is 0.508 e. The number of aromatic hydroxyl groups is 1. The molecule has 4 nitrogen and oxygen atoms in total. The summed E-state index contributed by atoms with van der Waals surface area (Å²) in [6.07, 6.45) is 0.794. The van der Waals surface area contributed by atoms with Crippen molar-refractivity contribution in [2.45, 2.75) is 19.4 Å². The molecule has 0 aliphatic carbocycles. The van der Waals surface area contributed by atoms with E-state index in [1.807, 2.05) is 54.6 Å². The molecule has 0 aliphatic rings. The van der Waals surface area contributed by atoms with E-state index >= 15 is 0 Å². The van der Waals surface area contributed by atoms with Crippen molar-refractivity contribution < 1.29 is 14.6 Å². The van der Waals surface area contributed by atoms with Crippen LogP contribution in [0.25, 0.3) is 0 Å². The van der Waals surface area contributed by atoms with Crippen LogP contribution in [0.15, 0.2) is 97.1 Å². The highest BCUT2D eigenvalue weighted by Gasteiger charge is 2.19. The zero-order valence-corrected chi connectivity index (χ0v) is 20.5. The van der Waals surface area contributed by atoms with Crippen molar-refractivity contribution in [2.75, 3.05) is 11.4 Å². The van der Waals surface area contributed by atoms with E-state index in [4.69, 9.17) is 27.9 Å². The molecular weight excluding hydrogens is 481 g/mol. The number of carbonyl (C=O) groups is 1. The van der Waals surface area contributed by atoms with E-state index in [0.29, 0.717) is 35.3 Å². The van der Waals surface area contributed by atoms with Crippen LogP contribution in [0.3, 0.4) is 0 Å². The highest BCUT2D eigenvalue weighted by Crippen LogP contribution is 2.30.